The smallest absolute Gasteiger partial charge is 0.243 e. The summed E-state index contributed by atoms with van der Waals surface area (Å²) in [6.07, 6.45) is 3.43. The average molecular weight is 473 g/mol. The molecule has 2 aliphatic heterocycles. The normalized spacial score (nSPS) is 22.1. The van der Waals surface area contributed by atoms with Crippen LogP contribution in [0.3, 0.4) is 0 Å². The van der Waals surface area contributed by atoms with Crippen LogP contribution in [0, 0.1) is 6.92 Å². The molecule has 1 aromatic carbocycles. The first-order chi connectivity index (χ1) is 14.7. The van der Waals surface area contributed by atoms with Crippen molar-refractivity contribution < 1.29 is 16.8 Å². The molecule has 2 aliphatic rings. The Hall–Kier alpha value is -1.04. The molecule has 1 N–H and O–H groups in total. The molecule has 3 rings (SSSR count). The standard InChI is InChI=1S/C21H36N4O4S2/c1-19-6-8-21(9-7-19)31(28,29)25(16-15-23-12-4-3-5-20(23)2)17-18-30(26,27)24-13-10-22-11-14-24/h6-9,20,22H,3-5,10-18H2,1-2H3. The maximum Gasteiger partial charge on any atom is 0.243 e. The van der Waals surface area contributed by atoms with Gasteiger partial charge in [0.15, 0.2) is 0 Å². The van der Waals surface area contributed by atoms with Crippen LogP contribution in [0.4, 0.5) is 0 Å². The zero-order valence-electron chi connectivity index (χ0n) is 18.7. The van der Waals surface area contributed by atoms with E-state index in [2.05, 4.69) is 17.1 Å². The predicted molar refractivity (Wildman–Crippen MR) is 123 cm³/mol. The highest BCUT2D eigenvalue weighted by atomic mass is 32.2. The van der Waals surface area contributed by atoms with E-state index in [9.17, 15) is 16.8 Å². The van der Waals surface area contributed by atoms with Crippen molar-refractivity contribution in [3.05, 3.63) is 29.8 Å². The van der Waals surface area contributed by atoms with Crippen molar-refractivity contribution in [3.8, 4) is 0 Å². The zero-order chi connectivity index (χ0) is 22.5. The van der Waals surface area contributed by atoms with Gasteiger partial charge in [0.2, 0.25) is 20.0 Å². The Morgan fingerprint density at radius 2 is 1.68 bits per heavy atom. The lowest BCUT2D eigenvalue weighted by atomic mass is 10.0. The fraction of sp³-hybridized carbons (Fsp3) is 0.714. The number of hydrogen-bond donors (Lipinski definition) is 1. The first kappa shape index (κ1) is 24.6. The van der Waals surface area contributed by atoms with Crippen LogP contribution in [0.1, 0.15) is 31.7 Å². The minimum Gasteiger partial charge on any atom is -0.314 e. The van der Waals surface area contributed by atoms with Crippen LogP contribution in [0.15, 0.2) is 29.2 Å². The molecule has 31 heavy (non-hydrogen) atoms. The molecule has 1 aromatic rings. The zero-order valence-corrected chi connectivity index (χ0v) is 20.3. The van der Waals surface area contributed by atoms with Gasteiger partial charge < -0.3 is 5.32 Å². The largest absolute Gasteiger partial charge is 0.314 e. The SMILES string of the molecule is Cc1ccc(S(=O)(=O)N(CCN2CCCCC2C)CCS(=O)(=O)N2CCNCC2)cc1. The van der Waals surface area contributed by atoms with Gasteiger partial charge in [-0.05, 0) is 45.4 Å². The molecule has 2 saturated heterocycles. The van der Waals surface area contributed by atoms with Crippen molar-refractivity contribution in [2.24, 2.45) is 0 Å². The summed E-state index contributed by atoms with van der Waals surface area (Å²) in [5.74, 6) is -0.201. The molecular weight excluding hydrogens is 436 g/mol. The van der Waals surface area contributed by atoms with E-state index in [-0.39, 0.29) is 23.7 Å². The molecule has 176 valence electrons. The molecule has 0 spiro atoms. The van der Waals surface area contributed by atoms with E-state index in [0.29, 0.717) is 38.8 Å². The maximum absolute atomic E-state index is 13.4. The van der Waals surface area contributed by atoms with Crippen molar-refractivity contribution in [3.63, 3.8) is 0 Å². The van der Waals surface area contributed by atoms with Crippen LogP contribution >= 0.6 is 0 Å². The molecule has 0 amide bonds. The molecule has 10 heteroatoms. The Morgan fingerprint density at radius 1 is 1.00 bits per heavy atom. The monoisotopic (exact) mass is 472 g/mol. The number of rotatable bonds is 9. The number of benzene rings is 1. The van der Waals surface area contributed by atoms with Gasteiger partial charge in [0.1, 0.15) is 0 Å². The summed E-state index contributed by atoms with van der Waals surface area (Å²) in [6, 6.07) is 7.17. The summed E-state index contributed by atoms with van der Waals surface area (Å²) in [5, 5.41) is 3.14. The first-order valence-corrected chi connectivity index (χ1v) is 14.2. The van der Waals surface area contributed by atoms with Crippen molar-refractivity contribution in [1.29, 1.82) is 0 Å². The van der Waals surface area contributed by atoms with Gasteiger partial charge in [-0.3, -0.25) is 4.90 Å². The van der Waals surface area contributed by atoms with Gasteiger partial charge in [-0.15, -0.1) is 0 Å². The second-order valence-corrected chi connectivity index (χ2v) is 12.6. The highest BCUT2D eigenvalue weighted by molar-refractivity contribution is 7.90. The van der Waals surface area contributed by atoms with E-state index in [1.54, 1.807) is 24.3 Å². The number of hydrogen-bond acceptors (Lipinski definition) is 6. The maximum atomic E-state index is 13.4. The number of piperazine rings is 1. The Balaban J connectivity index is 1.75. The lowest BCUT2D eigenvalue weighted by Crippen LogP contribution is -2.49. The molecule has 2 fully saturated rings. The topological polar surface area (TPSA) is 90.0 Å². The van der Waals surface area contributed by atoms with Crippen LogP contribution in [0.2, 0.25) is 0 Å². The van der Waals surface area contributed by atoms with Crippen molar-refractivity contribution in [1.82, 2.24) is 18.8 Å². The molecule has 0 aromatic heterocycles. The molecule has 1 atom stereocenters. The third-order valence-electron chi connectivity index (χ3n) is 6.30. The van der Waals surface area contributed by atoms with Gasteiger partial charge in [-0.2, -0.15) is 8.61 Å². The summed E-state index contributed by atoms with van der Waals surface area (Å²) in [4.78, 5) is 2.52. The van der Waals surface area contributed by atoms with E-state index >= 15 is 0 Å². The molecule has 0 aliphatic carbocycles. The molecule has 0 bridgehead atoms. The summed E-state index contributed by atoms with van der Waals surface area (Å²) in [5.41, 5.74) is 0.980. The van der Waals surface area contributed by atoms with Crippen molar-refractivity contribution >= 4 is 20.0 Å². The van der Waals surface area contributed by atoms with Crippen LogP contribution in [0.5, 0.6) is 0 Å². The second kappa shape index (κ2) is 10.7. The molecule has 1 unspecified atom stereocenters. The van der Waals surface area contributed by atoms with Crippen LogP contribution in [-0.4, -0.2) is 94.5 Å². The third-order valence-corrected chi connectivity index (χ3v) is 10.1. The molecule has 2 heterocycles. The number of aryl methyl sites for hydroxylation is 1. The van der Waals surface area contributed by atoms with E-state index in [1.807, 2.05) is 6.92 Å². The fourth-order valence-corrected chi connectivity index (χ4v) is 7.21. The first-order valence-electron chi connectivity index (χ1n) is 11.2. The van der Waals surface area contributed by atoms with E-state index in [0.717, 1.165) is 24.9 Å². The van der Waals surface area contributed by atoms with Gasteiger partial charge in [-0.25, -0.2) is 16.8 Å². The van der Waals surface area contributed by atoms with Gasteiger partial charge in [0.05, 0.1) is 10.6 Å². The highest BCUT2D eigenvalue weighted by Gasteiger charge is 2.30. The van der Waals surface area contributed by atoms with Gasteiger partial charge in [-0.1, -0.05) is 24.1 Å². The van der Waals surface area contributed by atoms with Crippen molar-refractivity contribution in [2.75, 3.05) is 58.1 Å². The summed E-state index contributed by atoms with van der Waals surface area (Å²) in [6.45, 7) is 8.01. The lowest BCUT2D eigenvalue weighted by molar-refractivity contribution is 0.152. The van der Waals surface area contributed by atoms with Crippen LogP contribution in [0.25, 0.3) is 0 Å². The Labute approximate surface area is 187 Å². The number of piperidine rings is 1. The van der Waals surface area contributed by atoms with Gasteiger partial charge in [0, 0.05) is 51.9 Å². The van der Waals surface area contributed by atoms with E-state index in [4.69, 9.17) is 0 Å². The molecular formula is C21H36N4O4S2. The Bertz CT molecular complexity index is 913. The Kier molecular flexibility index (Phi) is 8.51. The van der Waals surface area contributed by atoms with E-state index < -0.39 is 20.0 Å². The van der Waals surface area contributed by atoms with Crippen molar-refractivity contribution in [2.45, 2.75) is 44.0 Å². The third kappa shape index (κ3) is 6.49. The number of sulfonamides is 2. The Morgan fingerprint density at radius 3 is 2.32 bits per heavy atom. The average Bonchev–Trinajstić information content (AvgIpc) is 2.75. The molecule has 0 saturated carbocycles. The quantitative estimate of drug-likeness (QED) is 0.579. The highest BCUT2D eigenvalue weighted by Crippen LogP contribution is 2.20. The number of nitrogens with one attached hydrogen (secondary N) is 1. The van der Waals surface area contributed by atoms with Crippen LogP contribution < -0.4 is 5.32 Å². The predicted octanol–water partition coefficient (Wildman–Crippen LogP) is 1.10. The number of likely N-dealkylation sites (tertiary alicyclic amines) is 1. The minimum absolute atomic E-state index is 0.0370. The van der Waals surface area contributed by atoms with Gasteiger partial charge in [0.25, 0.3) is 0 Å². The van der Waals surface area contributed by atoms with E-state index in [1.165, 1.54) is 15.0 Å². The summed E-state index contributed by atoms with van der Waals surface area (Å²) in [7, 11) is -7.29. The summed E-state index contributed by atoms with van der Waals surface area (Å²) < 4.78 is 55.2. The minimum atomic E-state index is -3.78. The van der Waals surface area contributed by atoms with Crippen LogP contribution in [-0.2, 0) is 20.0 Å². The summed E-state index contributed by atoms with van der Waals surface area (Å²) >= 11 is 0. The molecule has 8 nitrogen and oxygen atoms in total. The lowest BCUT2D eigenvalue weighted by Gasteiger charge is -2.35. The number of nitrogens with zero attached hydrogens (tertiary/aromatic N) is 3. The molecule has 0 radical (unpaired) electrons. The fourth-order valence-electron chi connectivity index (χ4n) is 4.21. The van der Waals surface area contributed by atoms with Gasteiger partial charge >= 0.3 is 0 Å². The second-order valence-electron chi connectivity index (χ2n) is 8.56.